The van der Waals surface area contributed by atoms with Gasteiger partial charge in [-0.3, -0.25) is 4.98 Å². The quantitative estimate of drug-likeness (QED) is 0.363. The smallest absolute Gasteiger partial charge is 0.125 e. The van der Waals surface area contributed by atoms with Crippen molar-refractivity contribution in [1.29, 1.82) is 0 Å². The first-order valence-corrected chi connectivity index (χ1v) is 10.9. The molecule has 3 heterocycles. The fourth-order valence-electron chi connectivity index (χ4n) is 4.33. The van der Waals surface area contributed by atoms with Crippen LogP contribution in [0.15, 0.2) is 79.6 Å². The molecular formula is C27H25FN4. The maximum absolute atomic E-state index is 13.9. The van der Waals surface area contributed by atoms with E-state index in [0.717, 1.165) is 65.3 Å². The number of pyridine rings is 1. The average molecular weight is 425 g/mol. The van der Waals surface area contributed by atoms with Gasteiger partial charge in [0.05, 0.1) is 11.4 Å². The minimum absolute atomic E-state index is 0.273. The highest BCUT2D eigenvalue weighted by molar-refractivity contribution is 5.91. The Morgan fingerprint density at radius 2 is 1.91 bits per heavy atom. The van der Waals surface area contributed by atoms with Crippen molar-refractivity contribution in [3.05, 3.63) is 108 Å². The number of halogens is 1. The molecule has 32 heavy (non-hydrogen) atoms. The zero-order valence-corrected chi connectivity index (χ0v) is 17.8. The fourth-order valence-corrected chi connectivity index (χ4v) is 4.33. The van der Waals surface area contributed by atoms with Gasteiger partial charge in [0.2, 0.25) is 0 Å². The number of benzene rings is 2. The lowest BCUT2D eigenvalue weighted by Gasteiger charge is -2.19. The molecule has 2 aromatic heterocycles. The topological polar surface area (TPSA) is 52.7 Å². The summed E-state index contributed by atoms with van der Waals surface area (Å²) in [5.41, 5.74) is 9.18. The summed E-state index contributed by atoms with van der Waals surface area (Å²) in [5, 5.41) is 6.82. The number of fused-ring (bicyclic) bond motifs is 1. The van der Waals surface area contributed by atoms with Crippen molar-refractivity contribution in [3.63, 3.8) is 0 Å². The Morgan fingerprint density at radius 1 is 1.03 bits per heavy atom. The minimum Gasteiger partial charge on any atom is -0.385 e. The molecule has 0 saturated carbocycles. The first kappa shape index (κ1) is 20.1. The second-order valence-electron chi connectivity index (χ2n) is 8.04. The van der Waals surface area contributed by atoms with E-state index in [2.05, 4.69) is 51.4 Å². The number of aromatic amines is 1. The number of hydrogen-bond donors (Lipinski definition) is 3. The zero-order valence-electron chi connectivity index (χ0n) is 17.8. The summed E-state index contributed by atoms with van der Waals surface area (Å²) in [6.07, 6.45) is 6.43. The minimum atomic E-state index is -0.273. The molecule has 0 fully saturated rings. The predicted octanol–water partition coefficient (Wildman–Crippen LogP) is 5.86. The fraction of sp³-hybridized carbons (Fsp3) is 0.148. The van der Waals surface area contributed by atoms with Crippen molar-refractivity contribution in [2.75, 3.05) is 11.9 Å². The van der Waals surface area contributed by atoms with E-state index in [1.54, 1.807) is 6.07 Å². The second kappa shape index (κ2) is 8.71. The lowest BCUT2D eigenvalue weighted by atomic mass is 9.98. The van der Waals surface area contributed by atoms with E-state index in [1.165, 1.54) is 17.7 Å². The lowest BCUT2D eigenvalue weighted by molar-refractivity contribution is 0.628. The van der Waals surface area contributed by atoms with E-state index in [9.17, 15) is 4.39 Å². The van der Waals surface area contributed by atoms with Crippen LogP contribution in [0.5, 0.6) is 0 Å². The van der Waals surface area contributed by atoms with Crippen molar-refractivity contribution >= 4 is 17.1 Å². The molecule has 0 aliphatic carbocycles. The van der Waals surface area contributed by atoms with Crippen molar-refractivity contribution in [3.8, 4) is 11.3 Å². The Hall–Kier alpha value is -3.86. The van der Waals surface area contributed by atoms with Crippen molar-refractivity contribution in [2.45, 2.75) is 19.3 Å². The van der Waals surface area contributed by atoms with Gasteiger partial charge >= 0.3 is 0 Å². The van der Waals surface area contributed by atoms with Crippen LogP contribution in [0.4, 0.5) is 15.8 Å². The average Bonchev–Trinajstić information content (AvgIpc) is 3.18. The molecule has 0 atom stereocenters. The standard InChI is InChI=1S/C27H25FN4/c1-18-25-24(13-15-30-18)32-26(27(25)31-22-9-5-8-21(28)16-22)23-12-14-29-17-20(23)11-10-19-6-3-2-4-7-19/h2-9,12,14,16-17,30-32H,1,10-11,13,15H2. The number of H-pyrrole nitrogens is 1. The molecule has 1 aliphatic rings. The molecule has 0 spiro atoms. The van der Waals surface area contributed by atoms with Crippen LogP contribution in [0.25, 0.3) is 17.0 Å². The Balaban J connectivity index is 1.57. The molecular weight excluding hydrogens is 399 g/mol. The van der Waals surface area contributed by atoms with Gasteiger partial charge in [-0.15, -0.1) is 0 Å². The van der Waals surface area contributed by atoms with Crippen LogP contribution in [-0.4, -0.2) is 16.5 Å². The summed E-state index contributed by atoms with van der Waals surface area (Å²) >= 11 is 0. The summed E-state index contributed by atoms with van der Waals surface area (Å²) in [6, 6.07) is 19.0. The Bertz CT molecular complexity index is 1260. The molecule has 0 bridgehead atoms. The van der Waals surface area contributed by atoms with Gasteiger partial charge in [0.15, 0.2) is 0 Å². The first-order chi connectivity index (χ1) is 15.7. The van der Waals surface area contributed by atoms with E-state index in [1.807, 2.05) is 30.6 Å². The third-order valence-electron chi connectivity index (χ3n) is 5.89. The van der Waals surface area contributed by atoms with Crippen LogP contribution in [0.2, 0.25) is 0 Å². The highest BCUT2D eigenvalue weighted by Gasteiger charge is 2.24. The zero-order chi connectivity index (χ0) is 21.9. The van der Waals surface area contributed by atoms with Gasteiger partial charge in [-0.2, -0.15) is 0 Å². The Kier molecular flexibility index (Phi) is 5.46. The van der Waals surface area contributed by atoms with Crippen LogP contribution in [-0.2, 0) is 19.3 Å². The van der Waals surface area contributed by atoms with Gasteiger partial charge < -0.3 is 15.6 Å². The SMILES string of the molecule is C=C1NCCc2[nH]c(-c3ccncc3CCc3ccccc3)c(Nc3cccc(F)c3)c21. The van der Waals surface area contributed by atoms with Gasteiger partial charge in [-0.25, -0.2) is 4.39 Å². The van der Waals surface area contributed by atoms with Crippen LogP contribution >= 0.6 is 0 Å². The van der Waals surface area contributed by atoms with E-state index in [-0.39, 0.29) is 5.82 Å². The molecule has 0 saturated heterocycles. The molecule has 5 rings (SSSR count). The highest BCUT2D eigenvalue weighted by Crippen LogP contribution is 2.40. The van der Waals surface area contributed by atoms with Crippen LogP contribution < -0.4 is 10.6 Å². The monoisotopic (exact) mass is 424 g/mol. The third-order valence-corrected chi connectivity index (χ3v) is 5.89. The van der Waals surface area contributed by atoms with Gasteiger partial charge in [0.25, 0.3) is 0 Å². The van der Waals surface area contributed by atoms with Crippen LogP contribution in [0.3, 0.4) is 0 Å². The molecule has 0 amide bonds. The van der Waals surface area contributed by atoms with E-state index in [4.69, 9.17) is 0 Å². The molecule has 0 unspecified atom stereocenters. The highest BCUT2D eigenvalue weighted by atomic mass is 19.1. The molecule has 3 N–H and O–H groups in total. The Morgan fingerprint density at radius 3 is 2.75 bits per heavy atom. The summed E-state index contributed by atoms with van der Waals surface area (Å²) < 4.78 is 13.9. The normalized spacial score (nSPS) is 12.8. The number of aryl methyl sites for hydroxylation is 2. The van der Waals surface area contributed by atoms with Gasteiger partial charge in [-0.1, -0.05) is 43.0 Å². The summed E-state index contributed by atoms with van der Waals surface area (Å²) in [5.74, 6) is -0.273. The van der Waals surface area contributed by atoms with E-state index < -0.39 is 0 Å². The summed E-state index contributed by atoms with van der Waals surface area (Å²) in [4.78, 5) is 8.03. The van der Waals surface area contributed by atoms with Crippen LogP contribution in [0, 0.1) is 5.82 Å². The van der Waals surface area contributed by atoms with Crippen molar-refractivity contribution in [2.24, 2.45) is 0 Å². The van der Waals surface area contributed by atoms with Crippen LogP contribution in [0.1, 0.15) is 22.4 Å². The maximum Gasteiger partial charge on any atom is 0.125 e. The molecule has 160 valence electrons. The molecule has 5 heteroatoms. The molecule has 2 aromatic carbocycles. The number of hydrogen-bond acceptors (Lipinski definition) is 3. The molecule has 1 aliphatic heterocycles. The number of aromatic nitrogens is 2. The number of nitrogens with one attached hydrogen (secondary N) is 3. The maximum atomic E-state index is 13.9. The van der Waals surface area contributed by atoms with Gasteiger partial charge in [0.1, 0.15) is 5.82 Å². The van der Waals surface area contributed by atoms with E-state index in [0.29, 0.717) is 5.69 Å². The second-order valence-corrected chi connectivity index (χ2v) is 8.04. The largest absolute Gasteiger partial charge is 0.385 e. The number of nitrogens with zero attached hydrogens (tertiary/aromatic N) is 1. The number of rotatable bonds is 6. The summed E-state index contributed by atoms with van der Waals surface area (Å²) in [7, 11) is 0. The van der Waals surface area contributed by atoms with Crippen molar-refractivity contribution in [1.82, 2.24) is 15.3 Å². The first-order valence-electron chi connectivity index (χ1n) is 10.9. The summed E-state index contributed by atoms with van der Waals surface area (Å²) in [6.45, 7) is 5.06. The Labute approximate surface area is 187 Å². The van der Waals surface area contributed by atoms with Gasteiger partial charge in [0, 0.05) is 53.6 Å². The van der Waals surface area contributed by atoms with E-state index >= 15 is 0 Å². The number of anilines is 2. The molecule has 0 radical (unpaired) electrons. The van der Waals surface area contributed by atoms with Crippen molar-refractivity contribution < 1.29 is 4.39 Å². The lowest BCUT2D eigenvalue weighted by Crippen LogP contribution is -2.21. The van der Waals surface area contributed by atoms with Gasteiger partial charge in [-0.05, 0) is 48.2 Å². The third kappa shape index (κ3) is 4.02. The molecule has 4 aromatic rings. The predicted molar refractivity (Wildman–Crippen MR) is 128 cm³/mol. The molecule has 4 nitrogen and oxygen atoms in total.